The monoisotopic (exact) mass is 527 g/mol. The van der Waals surface area contributed by atoms with Crippen molar-refractivity contribution in [2.45, 2.75) is 63.6 Å². The van der Waals surface area contributed by atoms with E-state index in [2.05, 4.69) is 9.97 Å². The van der Waals surface area contributed by atoms with Crippen molar-refractivity contribution in [1.29, 1.82) is 0 Å². The minimum Gasteiger partial charge on any atom is -0.392 e. The predicted molar refractivity (Wildman–Crippen MR) is 126 cm³/mol. The van der Waals surface area contributed by atoms with Crippen LogP contribution in [0.4, 0.5) is 19.1 Å². The Balaban J connectivity index is 1.87. The van der Waals surface area contributed by atoms with E-state index in [4.69, 9.17) is 4.98 Å². The molecule has 0 radical (unpaired) electrons. The van der Waals surface area contributed by atoms with E-state index in [1.54, 1.807) is 11.8 Å². The number of sulfone groups is 1. The molecule has 3 aromatic rings. The van der Waals surface area contributed by atoms with E-state index in [1.807, 2.05) is 18.4 Å². The van der Waals surface area contributed by atoms with E-state index in [9.17, 15) is 31.8 Å². The molecule has 2 atom stereocenters. The summed E-state index contributed by atoms with van der Waals surface area (Å²) < 4.78 is 67.9. The molecule has 0 aliphatic carbocycles. The molecule has 1 aliphatic heterocycles. The van der Waals surface area contributed by atoms with Crippen molar-refractivity contribution in [2.75, 3.05) is 17.7 Å². The zero-order chi connectivity index (χ0) is 26.6. The molecule has 9 nitrogen and oxygen atoms in total. The van der Waals surface area contributed by atoms with Gasteiger partial charge in [0.25, 0.3) is 0 Å². The van der Waals surface area contributed by atoms with Gasteiger partial charge in [0.2, 0.25) is 5.95 Å². The van der Waals surface area contributed by atoms with Gasteiger partial charge in [-0.05, 0) is 30.0 Å². The van der Waals surface area contributed by atoms with Crippen LogP contribution in [0.15, 0.2) is 23.2 Å². The molecule has 0 saturated carbocycles. The summed E-state index contributed by atoms with van der Waals surface area (Å²) in [6, 6.07) is 2.50. The van der Waals surface area contributed by atoms with Gasteiger partial charge in [-0.1, -0.05) is 20.8 Å². The summed E-state index contributed by atoms with van der Waals surface area (Å²) in [6.45, 7) is 5.44. The molecule has 0 amide bonds. The quantitative estimate of drug-likeness (QED) is 0.500. The zero-order valence-electron chi connectivity index (χ0n) is 20.3. The van der Waals surface area contributed by atoms with Gasteiger partial charge in [-0.3, -0.25) is 0 Å². The Hall–Kier alpha value is -2.77. The number of benzene rings is 1. The lowest BCUT2D eigenvalue weighted by atomic mass is 10.00. The molecule has 1 aliphatic rings. The van der Waals surface area contributed by atoms with Gasteiger partial charge in [-0.15, -0.1) is 0 Å². The zero-order valence-corrected chi connectivity index (χ0v) is 21.1. The molecule has 36 heavy (non-hydrogen) atoms. The average molecular weight is 528 g/mol. The fraction of sp³-hybridized carbons (Fsp3) is 0.522. The molecule has 0 saturated heterocycles. The third-order valence-electron chi connectivity index (χ3n) is 6.40. The molecular formula is C23H28F3N5O4S. The van der Waals surface area contributed by atoms with Crippen molar-refractivity contribution in [2.24, 2.45) is 5.92 Å². The summed E-state index contributed by atoms with van der Waals surface area (Å²) in [5.74, 6) is 0.293. The first kappa shape index (κ1) is 26.3. The van der Waals surface area contributed by atoms with Crippen LogP contribution < -0.4 is 4.90 Å². The molecule has 2 aromatic heterocycles. The smallest absolute Gasteiger partial charge is 0.392 e. The predicted octanol–water partition coefficient (Wildman–Crippen LogP) is 3.40. The fourth-order valence-corrected chi connectivity index (χ4v) is 5.65. The van der Waals surface area contributed by atoms with Crippen LogP contribution in [-0.2, 0) is 29.2 Å². The van der Waals surface area contributed by atoms with E-state index in [0.717, 1.165) is 12.5 Å². The van der Waals surface area contributed by atoms with E-state index >= 15 is 0 Å². The maximum absolute atomic E-state index is 13.8. The maximum Gasteiger partial charge on any atom is 0.433 e. The molecule has 13 heteroatoms. The summed E-state index contributed by atoms with van der Waals surface area (Å²) in [5, 5.41) is 19.8. The number of aliphatic hydroxyl groups is 2. The van der Waals surface area contributed by atoms with Gasteiger partial charge in [-0.25, -0.2) is 23.4 Å². The van der Waals surface area contributed by atoms with Gasteiger partial charge >= 0.3 is 6.18 Å². The van der Waals surface area contributed by atoms with E-state index in [1.165, 1.54) is 12.1 Å². The first-order chi connectivity index (χ1) is 16.8. The maximum atomic E-state index is 13.8. The summed E-state index contributed by atoms with van der Waals surface area (Å²) >= 11 is 0. The average Bonchev–Trinajstić information content (AvgIpc) is 3.17. The minimum absolute atomic E-state index is 0.00643. The lowest BCUT2D eigenvalue weighted by molar-refractivity contribution is -0.142. The third-order valence-corrected chi connectivity index (χ3v) is 7.58. The number of alkyl halides is 3. The highest BCUT2D eigenvalue weighted by atomic mass is 32.2. The molecular weight excluding hydrogens is 499 g/mol. The fourth-order valence-electron chi connectivity index (χ4n) is 4.72. The number of aliphatic hydroxyl groups excluding tert-OH is 2. The van der Waals surface area contributed by atoms with Crippen LogP contribution in [0.5, 0.6) is 0 Å². The standard InChI is InChI=1S/C23H28F3N5O4S/c1-5-17(33)14-10-27-22(29-20(14)23(24,25)26)31-7-6-30-16-9-18(36(4,34)35)13(11-32)8-15(16)28-21(30)19(31)12(2)3/h8-10,12,17,19,32-33H,5-7,11H2,1-4H3/t17-,19?/m0/s1. The summed E-state index contributed by atoms with van der Waals surface area (Å²) in [4.78, 5) is 14.4. The second-order valence-electron chi connectivity index (χ2n) is 9.28. The number of hydrogen-bond donors (Lipinski definition) is 2. The summed E-state index contributed by atoms with van der Waals surface area (Å²) in [5.41, 5.74) is -0.280. The first-order valence-corrected chi connectivity index (χ1v) is 13.4. The number of rotatable bonds is 6. The largest absolute Gasteiger partial charge is 0.433 e. The lowest BCUT2D eigenvalue weighted by Crippen LogP contribution is -2.42. The molecule has 2 N–H and O–H groups in total. The van der Waals surface area contributed by atoms with Gasteiger partial charge < -0.3 is 19.7 Å². The van der Waals surface area contributed by atoms with Gasteiger partial charge in [0.05, 0.1) is 34.7 Å². The molecule has 1 aromatic carbocycles. The molecule has 0 spiro atoms. The molecule has 4 rings (SSSR count). The number of nitrogens with zero attached hydrogens (tertiary/aromatic N) is 5. The third kappa shape index (κ3) is 4.55. The van der Waals surface area contributed by atoms with Crippen molar-refractivity contribution < 1.29 is 31.8 Å². The van der Waals surface area contributed by atoms with Crippen LogP contribution in [0.25, 0.3) is 11.0 Å². The number of aromatic nitrogens is 4. The Bertz CT molecular complexity index is 1400. The number of halogens is 3. The Labute approximate surface area is 206 Å². The normalized spacial score (nSPS) is 17.6. The number of hydrogen-bond acceptors (Lipinski definition) is 8. The van der Waals surface area contributed by atoms with Crippen LogP contribution in [-0.4, -0.2) is 51.0 Å². The van der Waals surface area contributed by atoms with Gasteiger partial charge in [0.1, 0.15) is 5.82 Å². The second kappa shape index (κ2) is 9.27. The Morgan fingerprint density at radius 2 is 1.89 bits per heavy atom. The Morgan fingerprint density at radius 3 is 2.44 bits per heavy atom. The Morgan fingerprint density at radius 1 is 1.19 bits per heavy atom. The second-order valence-corrected chi connectivity index (χ2v) is 11.3. The van der Waals surface area contributed by atoms with Crippen LogP contribution >= 0.6 is 0 Å². The first-order valence-electron chi connectivity index (χ1n) is 11.5. The molecule has 3 heterocycles. The SMILES string of the molecule is CC[C@H](O)c1cnc(N2CCn3c(nc4cc(CO)c(S(C)(=O)=O)cc43)C2C(C)C)nc1C(F)(F)F. The highest BCUT2D eigenvalue weighted by Gasteiger charge is 2.40. The summed E-state index contributed by atoms with van der Waals surface area (Å²) in [6.07, 6.45) is -3.94. The van der Waals surface area contributed by atoms with Gasteiger partial charge in [-0.2, -0.15) is 13.2 Å². The van der Waals surface area contributed by atoms with Crippen molar-refractivity contribution >= 4 is 26.8 Å². The van der Waals surface area contributed by atoms with Crippen LogP contribution in [0, 0.1) is 5.92 Å². The number of imidazole rings is 1. The number of fused-ring (bicyclic) bond motifs is 3. The molecule has 196 valence electrons. The number of anilines is 1. The van der Waals surface area contributed by atoms with Gasteiger partial charge in [0.15, 0.2) is 15.5 Å². The molecule has 0 bridgehead atoms. The summed E-state index contributed by atoms with van der Waals surface area (Å²) in [7, 11) is -3.62. The lowest BCUT2D eigenvalue weighted by Gasteiger charge is -2.38. The van der Waals surface area contributed by atoms with Crippen molar-refractivity contribution in [3.63, 3.8) is 0 Å². The van der Waals surface area contributed by atoms with E-state index in [0.29, 0.717) is 23.4 Å². The topological polar surface area (TPSA) is 121 Å². The van der Waals surface area contributed by atoms with E-state index < -0.39 is 40.5 Å². The molecule has 0 fully saturated rings. The van der Waals surface area contributed by atoms with Crippen LogP contribution in [0.2, 0.25) is 0 Å². The van der Waals surface area contributed by atoms with Crippen LogP contribution in [0.3, 0.4) is 0 Å². The molecule has 1 unspecified atom stereocenters. The van der Waals surface area contributed by atoms with Crippen molar-refractivity contribution in [3.05, 3.63) is 41.0 Å². The van der Waals surface area contributed by atoms with Gasteiger partial charge in [0, 0.05) is 31.1 Å². The Kier molecular flexibility index (Phi) is 6.77. The van der Waals surface area contributed by atoms with Crippen molar-refractivity contribution in [3.8, 4) is 0 Å². The minimum atomic E-state index is -4.78. The van der Waals surface area contributed by atoms with E-state index in [-0.39, 0.29) is 40.9 Å². The van der Waals surface area contributed by atoms with Crippen LogP contribution in [0.1, 0.15) is 62.0 Å². The highest BCUT2D eigenvalue weighted by Crippen LogP contribution is 2.39. The highest BCUT2D eigenvalue weighted by molar-refractivity contribution is 7.90. The van der Waals surface area contributed by atoms with Crippen molar-refractivity contribution in [1.82, 2.24) is 19.5 Å².